The molecule has 0 aliphatic rings. The zero-order valence-corrected chi connectivity index (χ0v) is 15.4. The van der Waals surface area contributed by atoms with E-state index in [0.29, 0.717) is 31.0 Å². The number of pyridine rings is 1. The lowest BCUT2D eigenvalue weighted by molar-refractivity contribution is -0.118. The molecule has 0 aliphatic carbocycles. The highest BCUT2D eigenvalue weighted by Crippen LogP contribution is 2.15. The molecule has 0 spiro atoms. The van der Waals surface area contributed by atoms with Crippen molar-refractivity contribution in [2.75, 3.05) is 18.8 Å². The third kappa shape index (κ3) is 5.90. The first kappa shape index (κ1) is 19.0. The Morgan fingerprint density at radius 3 is 2.28 bits per heavy atom. The van der Waals surface area contributed by atoms with Crippen molar-refractivity contribution in [2.45, 2.75) is 25.3 Å². The highest BCUT2D eigenvalue weighted by Gasteiger charge is 2.12. The van der Waals surface area contributed by atoms with Gasteiger partial charge in [0.2, 0.25) is 5.91 Å². The van der Waals surface area contributed by atoms with Gasteiger partial charge in [0.15, 0.2) is 0 Å². The normalized spacial score (nSPS) is 10.3. The maximum atomic E-state index is 12.3. The standard InChI is InChI=1S/C19H23N3O2S/c1-3-22(4-2)19(24)16-7-5-15(6-8-16)13-21-18(23)14-25-17-9-11-20-12-10-17/h5-12H,3-4,13-14H2,1-2H3,(H,21,23). The molecule has 1 N–H and O–H groups in total. The lowest BCUT2D eigenvalue weighted by Crippen LogP contribution is -2.30. The molecule has 0 aliphatic heterocycles. The molecule has 0 radical (unpaired) electrons. The summed E-state index contributed by atoms with van der Waals surface area (Å²) in [7, 11) is 0. The third-order valence-corrected chi connectivity index (χ3v) is 4.77. The van der Waals surface area contributed by atoms with E-state index < -0.39 is 0 Å². The Morgan fingerprint density at radius 1 is 1.04 bits per heavy atom. The van der Waals surface area contributed by atoms with Crippen molar-refractivity contribution in [1.29, 1.82) is 0 Å². The molecular formula is C19H23N3O2S. The minimum absolute atomic E-state index is 0.0230. The summed E-state index contributed by atoms with van der Waals surface area (Å²) in [5.74, 6) is 0.377. The number of thioether (sulfide) groups is 1. The zero-order chi connectivity index (χ0) is 18.1. The molecule has 0 bridgehead atoms. The minimum atomic E-state index is -0.0230. The quantitative estimate of drug-likeness (QED) is 0.738. The predicted octanol–water partition coefficient (Wildman–Crippen LogP) is 2.97. The molecule has 25 heavy (non-hydrogen) atoms. The van der Waals surface area contributed by atoms with Crippen LogP contribution in [-0.4, -0.2) is 40.5 Å². The maximum Gasteiger partial charge on any atom is 0.253 e. The smallest absolute Gasteiger partial charge is 0.253 e. The number of hydrogen-bond donors (Lipinski definition) is 1. The third-order valence-electron chi connectivity index (χ3n) is 3.76. The average molecular weight is 357 g/mol. The number of benzene rings is 1. The molecule has 132 valence electrons. The Bertz CT molecular complexity index is 686. The highest BCUT2D eigenvalue weighted by atomic mass is 32.2. The van der Waals surface area contributed by atoms with Crippen LogP contribution in [0.5, 0.6) is 0 Å². The van der Waals surface area contributed by atoms with Crippen LogP contribution in [0.15, 0.2) is 53.7 Å². The number of carbonyl (C=O) groups excluding carboxylic acids is 2. The van der Waals surface area contributed by atoms with Crippen LogP contribution in [0.2, 0.25) is 0 Å². The number of nitrogens with zero attached hydrogens (tertiary/aromatic N) is 2. The number of hydrogen-bond acceptors (Lipinski definition) is 4. The van der Waals surface area contributed by atoms with Crippen molar-refractivity contribution in [3.8, 4) is 0 Å². The van der Waals surface area contributed by atoms with Gasteiger partial charge in [-0.1, -0.05) is 12.1 Å². The fraction of sp³-hybridized carbons (Fsp3) is 0.316. The zero-order valence-electron chi connectivity index (χ0n) is 14.6. The highest BCUT2D eigenvalue weighted by molar-refractivity contribution is 8.00. The Hall–Kier alpha value is -2.34. The summed E-state index contributed by atoms with van der Waals surface area (Å²) in [5, 5.41) is 2.89. The second-order valence-electron chi connectivity index (χ2n) is 5.42. The number of rotatable bonds is 8. The summed E-state index contributed by atoms with van der Waals surface area (Å²) in [5.41, 5.74) is 1.64. The fourth-order valence-corrected chi connectivity index (χ4v) is 3.01. The van der Waals surface area contributed by atoms with E-state index >= 15 is 0 Å². The molecule has 0 atom stereocenters. The summed E-state index contributed by atoms with van der Waals surface area (Å²) in [6.45, 7) is 5.78. The summed E-state index contributed by atoms with van der Waals surface area (Å²) in [4.78, 5) is 30.9. The Balaban J connectivity index is 1.81. The molecule has 0 fully saturated rings. The first-order valence-electron chi connectivity index (χ1n) is 8.31. The Labute approximate surface area is 152 Å². The Morgan fingerprint density at radius 2 is 1.68 bits per heavy atom. The molecule has 0 saturated carbocycles. The van der Waals surface area contributed by atoms with Crippen molar-refractivity contribution < 1.29 is 9.59 Å². The molecule has 6 heteroatoms. The van der Waals surface area contributed by atoms with Crippen molar-refractivity contribution in [3.63, 3.8) is 0 Å². The molecule has 2 rings (SSSR count). The van der Waals surface area contributed by atoms with E-state index in [1.165, 1.54) is 11.8 Å². The van der Waals surface area contributed by atoms with Gasteiger partial charge < -0.3 is 10.2 Å². The molecule has 1 heterocycles. The molecule has 0 saturated heterocycles. The van der Waals surface area contributed by atoms with Gasteiger partial charge in [0.1, 0.15) is 0 Å². The first-order valence-corrected chi connectivity index (χ1v) is 9.30. The maximum absolute atomic E-state index is 12.3. The van der Waals surface area contributed by atoms with E-state index in [4.69, 9.17) is 0 Å². The van der Waals surface area contributed by atoms with Gasteiger partial charge in [-0.3, -0.25) is 14.6 Å². The van der Waals surface area contributed by atoms with Gasteiger partial charge in [0.25, 0.3) is 5.91 Å². The second kappa shape index (κ2) is 9.84. The summed E-state index contributed by atoms with van der Waals surface area (Å²) < 4.78 is 0. The molecule has 5 nitrogen and oxygen atoms in total. The fourth-order valence-electron chi connectivity index (χ4n) is 2.29. The second-order valence-corrected chi connectivity index (χ2v) is 6.47. The number of nitrogens with one attached hydrogen (secondary N) is 1. The van der Waals surface area contributed by atoms with Gasteiger partial charge in [0, 0.05) is 42.5 Å². The monoisotopic (exact) mass is 357 g/mol. The van der Waals surface area contributed by atoms with Crippen LogP contribution in [0.4, 0.5) is 0 Å². The number of aromatic nitrogens is 1. The molecule has 1 aromatic carbocycles. The van der Waals surface area contributed by atoms with E-state index in [1.54, 1.807) is 17.3 Å². The van der Waals surface area contributed by atoms with E-state index in [9.17, 15) is 9.59 Å². The summed E-state index contributed by atoms with van der Waals surface area (Å²) >= 11 is 1.48. The van der Waals surface area contributed by atoms with E-state index in [0.717, 1.165) is 10.5 Å². The molecule has 2 amide bonds. The van der Waals surface area contributed by atoms with Crippen LogP contribution in [-0.2, 0) is 11.3 Å². The largest absolute Gasteiger partial charge is 0.351 e. The van der Waals surface area contributed by atoms with Crippen LogP contribution in [0.1, 0.15) is 29.8 Å². The molecule has 1 aromatic heterocycles. The van der Waals surface area contributed by atoms with Gasteiger partial charge in [-0.2, -0.15) is 0 Å². The summed E-state index contributed by atoms with van der Waals surface area (Å²) in [6, 6.07) is 11.1. The number of amides is 2. The van der Waals surface area contributed by atoms with Gasteiger partial charge >= 0.3 is 0 Å². The van der Waals surface area contributed by atoms with Crippen molar-refractivity contribution in [3.05, 3.63) is 59.9 Å². The van der Waals surface area contributed by atoms with E-state index in [-0.39, 0.29) is 11.8 Å². The molecule has 0 unspecified atom stereocenters. The SMILES string of the molecule is CCN(CC)C(=O)c1ccc(CNC(=O)CSc2ccncc2)cc1. The van der Waals surface area contributed by atoms with Crippen molar-refractivity contribution in [2.24, 2.45) is 0 Å². The lowest BCUT2D eigenvalue weighted by Gasteiger charge is -2.18. The van der Waals surface area contributed by atoms with Crippen LogP contribution >= 0.6 is 11.8 Å². The van der Waals surface area contributed by atoms with E-state index in [2.05, 4.69) is 10.3 Å². The first-order chi connectivity index (χ1) is 12.1. The van der Waals surface area contributed by atoms with Crippen LogP contribution in [0.25, 0.3) is 0 Å². The minimum Gasteiger partial charge on any atom is -0.351 e. The van der Waals surface area contributed by atoms with Crippen molar-refractivity contribution in [1.82, 2.24) is 15.2 Å². The van der Waals surface area contributed by atoms with Gasteiger partial charge in [-0.25, -0.2) is 0 Å². The van der Waals surface area contributed by atoms with E-state index in [1.807, 2.05) is 50.2 Å². The number of carbonyl (C=O) groups is 2. The topological polar surface area (TPSA) is 62.3 Å². The summed E-state index contributed by atoms with van der Waals surface area (Å²) in [6.07, 6.45) is 3.42. The van der Waals surface area contributed by atoms with Gasteiger partial charge in [-0.15, -0.1) is 11.8 Å². The lowest BCUT2D eigenvalue weighted by atomic mass is 10.1. The molecule has 2 aromatic rings. The Kier molecular flexibility index (Phi) is 7.47. The predicted molar refractivity (Wildman–Crippen MR) is 101 cm³/mol. The van der Waals surface area contributed by atoms with Gasteiger partial charge in [0.05, 0.1) is 5.75 Å². The van der Waals surface area contributed by atoms with Gasteiger partial charge in [-0.05, 0) is 43.7 Å². The molecular weight excluding hydrogens is 334 g/mol. The van der Waals surface area contributed by atoms with Crippen LogP contribution in [0, 0.1) is 0 Å². The van der Waals surface area contributed by atoms with Crippen molar-refractivity contribution >= 4 is 23.6 Å². The van der Waals surface area contributed by atoms with Crippen LogP contribution in [0.3, 0.4) is 0 Å². The van der Waals surface area contributed by atoms with Crippen LogP contribution < -0.4 is 5.32 Å². The average Bonchev–Trinajstić information content (AvgIpc) is 2.67.